The molecule has 176 valence electrons. The number of allylic oxidation sites excluding steroid dienone is 4. The predicted molar refractivity (Wildman–Crippen MR) is 136 cm³/mol. The molecule has 2 aromatic rings. The van der Waals surface area contributed by atoms with Crippen molar-refractivity contribution in [2.24, 2.45) is 5.92 Å². The summed E-state index contributed by atoms with van der Waals surface area (Å²) in [6.45, 7) is 13.1. The molecule has 34 heavy (non-hydrogen) atoms. The molecule has 1 aliphatic heterocycles. The van der Waals surface area contributed by atoms with Crippen LogP contribution in [0.5, 0.6) is 5.75 Å². The van der Waals surface area contributed by atoms with Crippen LogP contribution in [0.15, 0.2) is 58.9 Å². The van der Waals surface area contributed by atoms with E-state index in [0.717, 1.165) is 34.7 Å². The van der Waals surface area contributed by atoms with Crippen molar-refractivity contribution in [2.75, 3.05) is 6.61 Å². The number of dihydropyridines is 1. The molecule has 0 amide bonds. The number of ketones is 1. The summed E-state index contributed by atoms with van der Waals surface area (Å²) in [4.78, 5) is 13.8. The second kappa shape index (κ2) is 9.50. The molecular formula is C30H34N2O2. The van der Waals surface area contributed by atoms with Crippen LogP contribution in [-0.2, 0) is 4.79 Å². The second-order valence-corrected chi connectivity index (χ2v) is 10.2. The Morgan fingerprint density at radius 1 is 1.09 bits per heavy atom. The summed E-state index contributed by atoms with van der Waals surface area (Å²) >= 11 is 0. The Balaban J connectivity index is 1.80. The normalized spacial score (nSPS) is 20.2. The summed E-state index contributed by atoms with van der Waals surface area (Å²) in [7, 11) is 0. The standard InChI is InChI=1S/C30H34N2O2/c1-17(2)16-34-27-10-8-7-9-23(27)29-24(15-31)21(6)32-25-13-22(14-26(33)30(25)29)28-19(4)11-18(3)12-20(28)5/h7-12,17,22,29,32H,13-14,16H2,1-6H3. The quantitative estimate of drug-likeness (QED) is 0.558. The molecule has 2 aliphatic rings. The highest BCUT2D eigenvalue weighted by Gasteiger charge is 2.40. The number of hydrogen-bond donors (Lipinski definition) is 1. The summed E-state index contributed by atoms with van der Waals surface area (Å²) in [5.74, 6) is 0.960. The van der Waals surface area contributed by atoms with Gasteiger partial charge in [-0.15, -0.1) is 0 Å². The molecular weight excluding hydrogens is 420 g/mol. The first kappa shape index (κ1) is 23.8. The first-order valence-electron chi connectivity index (χ1n) is 12.1. The third-order valence-electron chi connectivity index (χ3n) is 6.90. The van der Waals surface area contributed by atoms with Gasteiger partial charge in [-0.05, 0) is 68.7 Å². The van der Waals surface area contributed by atoms with Crippen LogP contribution < -0.4 is 10.1 Å². The van der Waals surface area contributed by atoms with Crippen molar-refractivity contribution in [3.8, 4) is 11.8 Å². The summed E-state index contributed by atoms with van der Waals surface area (Å²) in [5.41, 5.74) is 8.96. The SMILES string of the molecule is CC1=C(C#N)C(c2ccccc2OCC(C)C)C2=C(CC(c3c(C)cc(C)cc3C)CC2=O)N1. The number of nitriles is 1. The van der Waals surface area contributed by atoms with Gasteiger partial charge in [0.1, 0.15) is 5.75 Å². The van der Waals surface area contributed by atoms with Crippen LogP contribution in [0.2, 0.25) is 0 Å². The minimum atomic E-state index is -0.404. The van der Waals surface area contributed by atoms with Gasteiger partial charge in [-0.1, -0.05) is 49.7 Å². The number of para-hydroxylation sites is 1. The minimum Gasteiger partial charge on any atom is -0.493 e. The predicted octanol–water partition coefficient (Wildman–Crippen LogP) is 6.53. The highest BCUT2D eigenvalue weighted by atomic mass is 16.5. The van der Waals surface area contributed by atoms with Gasteiger partial charge in [-0.3, -0.25) is 4.79 Å². The lowest BCUT2D eigenvalue weighted by atomic mass is 9.71. The molecule has 1 N–H and O–H groups in total. The fourth-order valence-electron chi connectivity index (χ4n) is 5.64. The van der Waals surface area contributed by atoms with Gasteiger partial charge >= 0.3 is 0 Å². The average Bonchev–Trinajstić information content (AvgIpc) is 2.76. The lowest BCUT2D eigenvalue weighted by Gasteiger charge is -2.36. The van der Waals surface area contributed by atoms with Gasteiger partial charge in [0.15, 0.2) is 5.78 Å². The van der Waals surface area contributed by atoms with E-state index in [-0.39, 0.29) is 11.7 Å². The van der Waals surface area contributed by atoms with Gasteiger partial charge in [0.2, 0.25) is 0 Å². The Bertz CT molecular complexity index is 1220. The lowest BCUT2D eigenvalue weighted by molar-refractivity contribution is -0.116. The Kier molecular flexibility index (Phi) is 6.66. The van der Waals surface area contributed by atoms with E-state index in [2.05, 4.69) is 58.1 Å². The number of nitrogens with zero attached hydrogens (tertiary/aromatic N) is 1. The van der Waals surface area contributed by atoms with Crippen molar-refractivity contribution in [3.05, 3.63) is 86.8 Å². The summed E-state index contributed by atoms with van der Waals surface area (Å²) in [6, 6.07) is 14.6. The van der Waals surface area contributed by atoms with Crippen LogP contribution in [-0.4, -0.2) is 12.4 Å². The van der Waals surface area contributed by atoms with Gasteiger partial charge in [-0.2, -0.15) is 5.26 Å². The van der Waals surface area contributed by atoms with E-state index in [0.29, 0.717) is 24.5 Å². The Labute approximate surface area is 203 Å². The van der Waals surface area contributed by atoms with Gasteiger partial charge < -0.3 is 10.1 Å². The number of hydrogen-bond acceptors (Lipinski definition) is 4. The highest BCUT2D eigenvalue weighted by molar-refractivity contribution is 6.00. The molecule has 0 saturated carbocycles. The van der Waals surface area contributed by atoms with Gasteiger partial charge in [0, 0.05) is 29.0 Å². The van der Waals surface area contributed by atoms with Crippen LogP contribution in [0, 0.1) is 38.0 Å². The fourth-order valence-corrected chi connectivity index (χ4v) is 5.64. The summed E-state index contributed by atoms with van der Waals surface area (Å²) in [6.07, 6.45) is 1.21. The van der Waals surface area contributed by atoms with Crippen molar-refractivity contribution in [3.63, 3.8) is 0 Å². The smallest absolute Gasteiger partial charge is 0.162 e. The van der Waals surface area contributed by atoms with Crippen molar-refractivity contribution in [1.82, 2.24) is 5.32 Å². The maximum atomic E-state index is 13.8. The average molecular weight is 455 g/mol. The Morgan fingerprint density at radius 2 is 1.76 bits per heavy atom. The molecule has 0 saturated heterocycles. The molecule has 2 unspecified atom stereocenters. The van der Waals surface area contributed by atoms with Crippen molar-refractivity contribution >= 4 is 5.78 Å². The number of aryl methyl sites for hydroxylation is 3. The number of rotatable bonds is 5. The molecule has 4 rings (SSSR count). The molecule has 2 atom stereocenters. The van der Waals surface area contributed by atoms with Gasteiger partial charge in [-0.25, -0.2) is 0 Å². The van der Waals surface area contributed by atoms with Gasteiger partial charge in [0.25, 0.3) is 0 Å². The molecule has 1 aliphatic carbocycles. The van der Waals surface area contributed by atoms with E-state index in [1.807, 2.05) is 31.2 Å². The zero-order chi connectivity index (χ0) is 24.6. The van der Waals surface area contributed by atoms with E-state index in [9.17, 15) is 10.1 Å². The van der Waals surface area contributed by atoms with Crippen molar-refractivity contribution in [1.29, 1.82) is 5.26 Å². The van der Waals surface area contributed by atoms with Crippen LogP contribution in [0.3, 0.4) is 0 Å². The number of ether oxygens (including phenoxy) is 1. The molecule has 4 nitrogen and oxygen atoms in total. The van der Waals surface area contributed by atoms with E-state index in [1.54, 1.807) is 0 Å². The van der Waals surface area contributed by atoms with Crippen LogP contribution >= 0.6 is 0 Å². The van der Waals surface area contributed by atoms with Gasteiger partial charge in [0.05, 0.1) is 24.2 Å². The van der Waals surface area contributed by atoms with E-state index >= 15 is 0 Å². The largest absolute Gasteiger partial charge is 0.493 e. The Morgan fingerprint density at radius 3 is 2.41 bits per heavy atom. The highest BCUT2D eigenvalue weighted by Crippen LogP contribution is 2.48. The zero-order valence-corrected chi connectivity index (χ0v) is 21.1. The second-order valence-electron chi connectivity index (χ2n) is 10.2. The number of carbonyl (C=O) groups excluding carboxylic acids is 1. The third kappa shape index (κ3) is 4.40. The first-order valence-corrected chi connectivity index (χ1v) is 12.1. The number of Topliss-reactive ketones (excluding diaryl/α,β-unsaturated/α-hetero) is 1. The number of nitrogens with one attached hydrogen (secondary N) is 1. The molecule has 0 aromatic heterocycles. The van der Waals surface area contributed by atoms with E-state index in [4.69, 9.17) is 4.74 Å². The summed E-state index contributed by atoms with van der Waals surface area (Å²) in [5, 5.41) is 13.5. The molecule has 1 heterocycles. The molecule has 4 heteroatoms. The topological polar surface area (TPSA) is 62.1 Å². The van der Waals surface area contributed by atoms with Crippen LogP contribution in [0.4, 0.5) is 0 Å². The van der Waals surface area contributed by atoms with Crippen LogP contribution in [0.25, 0.3) is 0 Å². The molecule has 0 bridgehead atoms. The third-order valence-corrected chi connectivity index (χ3v) is 6.90. The summed E-state index contributed by atoms with van der Waals surface area (Å²) < 4.78 is 6.14. The Hall–Kier alpha value is -3.32. The first-order chi connectivity index (χ1) is 16.2. The van der Waals surface area contributed by atoms with E-state index < -0.39 is 5.92 Å². The lowest BCUT2D eigenvalue weighted by Crippen LogP contribution is -2.34. The number of benzene rings is 2. The minimum absolute atomic E-state index is 0.113. The number of carbonyl (C=O) groups is 1. The molecule has 0 fully saturated rings. The maximum absolute atomic E-state index is 13.8. The monoisotopic (exact) mass is 454 g/mol. The molecule has 0 radical (unpaired) electrons. The molecule has 2 aromatic carbocycles. The van der Waals surface area contributed by atoms with Crippen molar-refractivity contribution < 1.29 is 9.53 Å². The van der Waals surface area contributed by atoms with Crippen LogP contribution in [0.1, 0.15) is 73.3 Å². The maximum Gasteiger partial charge on any atom is 0.162 e. The zero-order valence-electron chi connectivity index (χ0n) is 21.1. The molecule has 0 spiro atoms. The fraction of sp³-hybridized carbons (Fsp3) is 0.400. The van der Waals surface area contributed by atoms with Crippen molar-refractivity contribution in [2.45, 2.75) is 66.2 Å². The van der Waals surface area contributed by atoms with E-state index in [1.165, 1.54) is 22.3 Å².